The summed E-state index contributed by atoms with van der Waals surface area (Å²) in [5.41, 5.74) is 5.40. The van der Waals surface area contributed by atoms with Crippen LogP contribution in [0.3, 0.4) is 0 Å². The van der Waals surface area contributed by atoms with Crippen LogP contribution < -0.4 is 5.32 Å². The molecule has 0 unspecified atom stereocenters. The van der Waals surface area contributed by atoms with Crippen molar-refractivity contribution in [2.75, 3.05) is 0 Å². The lowest BCUT2D eigenvalue weighted by Crippen LogP contribution is -2.46. The first-order valence-electron chi connectivity index (χ1n) is 14.3. The Bertz CT molecular complexity index is 1240. The van der Waals surface area contributed by atoms with Gasteiger partial charge in [-0.1, -0.05) is 53.0 Å². The van der Waals surface area contributed by atoms with E-state index in [1.807, 2.05) is 17.7 Å². The van der Waals surface area contributed by atoms with Crippen molar-refractivity contribution in [1.82, 2.24) is 9.88 Å². The molecule has 2 N–H and O–H groups in total. The fourth-order valence-electron chi connectivity index (χ4n) is 6.10. The molecule has 3 aliphatic rings. The summed E-state index contributed by atoms with van der Waals surface area (Å²) in [7, 11) is 0. The molecule has 38 heavy (non-hydrogen) atoms. The number of carboxylic acids is 1. The normalized spacial score (nSPS) is 23.0. The summed E-state index contributed by atoms with van der Waals surface area (Å²) in [6.45, 7) is 10.8. The van der Waals surface area contributed by atoms with Crippen LogP contribution in [0.4, 0.5) is 0 Å². The predicted octanol–water partition coefficient (Wildman–Crippen LogP) is 6.49. The van der Waals surface area contributed by atoms with Crippen molar-refractivity contribution >= 4 is 17.7 Å². The lowest BCUT2D eigenvalue weighted by atomic mass is 9.80. The number of rotatable bonds is 7. The van der Waals surface area contributed by atoms with Crippen LogP contribution in [0.2, 0.25) is 0 Å². The zero-order chi connectivity index (χ0) is 27.4. The minimum Gasteiger partial charge on any atom is -0.481 e. The highest BCUT2D eigenvalue weighted by Gasteiger charge is 2.40. The van der Waals surface area contributed by atoms with Crippen LogP contribution in [0, 0.1) is 18.8 Å². The number of hydrogen-bond donors (Lipinski definition) is 2. The van der Waals surface area contributed by atoms with Crippen LogP contribution in [0.15, 0.2) is 24.4 Å². The first-order valence-corrected chi connectivity index (χ1v) is 14.3. The molecular weight excluding hydrogens is 476 g/mol. The molecule has 1 aromatic heterocycles. The summed E-state index contributed by atoms with van der Waals surface area (Å²) in [6, 6.07) is 6.56. The Morgan fingerprint density at radius 1 is 1.00 bits per heavy atom. The minimum absolute atomic E-state index is 0.0128. The molecule has 3 aliphatic carbocycles. The van der Waals surface area contributed by atoms with Crippen molar-refractivity contribution in [3.05, 3.63) is 52.3 Å². The largest absolute Gasteiger partial charge is 0.481 e. The van der Waals surface area contributed by atoms with E-state index in [0.717, 1.165) is 44.2 Å². The fraction of sp³-hybridized carbons (Fsp3) is 0.594. The van der Waals surface area contributed by atoms with Crippen LogP contribution in [0.1, 0.15) is 123 Å². The average molecular weight is 519 g/mol. The fourth-order valence-corrected chi connectivity index (χ4v) is 6.10. The molecule has 1 aromatic carbocycles. The Hall–Kier alpha value is -2.89. The lowest BCUT2D eigenvalue weighted by Gasteiger charge is -2.32. The molecule has 204 valence electrons. The molecule has 1 amide bonds. The van der Waals surface area contributed by atoms with Gasteiger partial charge in [-0.25, -0.2) is 0 Å². The van der Waals surface area contributed by atoms with Gasteiger partial charge in [0.2, 0.25) is 0 Å². The summed E-state index contributed by atoms with van der Waals surface area (Å²) < 4.78 is 1.98. The Kier molecular flexibility index (Phi) is 6.81. The molecule has 6 heteroatoms. The van der Waals surface area contributed by atoms with Crippen molar-refractivity contribution in [2.24, 2.45) is 11.8 Å². The summed E-state index contributed by atoms with van der Waals surface area (Å²) in [4.78, 5) is 38.7. The first kappa shape index (κ1) is 26.7. The van der Waals surface area contributed by atoms with E-state index in [-0.39, 0.29) is 34.5 Å². The Morgan fingerprint density at radius 2 is 1.66 bits per heavy atom. The number of carbonyl (C=O) groups excluding carboxylic acids is 2. The van der Waals surface area contributed by atoms with E-state index < -0.39 is 11.9 Å². The maximum Gasteiger partial charge on any atom is 0.306 e. The van der Waals surface area contributed by atoms with E-state index in [2.05, 4.69) is 51.2 Å². The molecule has 0 radical (unpaired) electrons. The standard InChI is InChI=1S/C32H42N2O4/c1-19-26(29(36)33-24-13-21(14-24)30(37)38)18-34(27(19)28(35)20-9-7-6-8-10-20)25-16-22(31(2,3)4)15-23(17-25)32(5)11-12-32/h15-18,20-21,24H,6-14H2,1-5H3,(H,33,36)(H,37,38)/t21-,24-. The number of carboxylic acid groups (broad SMARTS) is 1. The van der Waals surface area contributed by atoms with E-state index in [1.54, 1.807) is 0 Å². The van der Waals surface area contributed by atoms with E-state index >= 15 is 0 Å². The highest BCUT2D eigenvalue weighted by Crippen LogP contribution is 2.49. The van der Waals surface area contributed by atoms with E-state index in [1.165, 1.54) is 17.5 Å². The number of Topliss-reactive ketones (excluding diaryl/α,β-unsaturated/α-hetero) is 1. The molecule has 0 saturated heterocycles. The van der Waals surface area contributed by atoms with Crippen molar-refractivity contribution in [3.63, 3.8) is 0 Å². The number of aliphatic carboxylic acids is 1. The van der Waals surface area contributed by atoms with Gasteiger partial charge in [-0.05, 0) is 85.1 Å². The molecule has 0 spiro atoms. The van der Waals surface area contributed by atoms with Gasteiger partial charge in [0.15, 0.2) is 5.78 Å². The summed E-state index contributed by atoms with van der Waals surface area (Å²) in [5, 5.41) is 12.2. The number of aromatic nitrogens is 1. The summed E-state index contributed by atoms with van der Waals surface area (Å²) in [5.74, 6) is -1.31. The second kappa shape index (κ2) is 9.69. The van der Waals surface area contributed by atoms with Crippen LogP contribution in [0.5, 0.6) is 0 Å². The molecular formula is C32H42N2O4. The molecule has 0 atom stereocenters. The van der Waals surface area contributed by atoms with Crippen molar-refractivity contribution in [1.29, 1.82) is 0 Å². The molecule has 3 fully saturated rings. The van der Waals surface area contributed by atoms with Gasteiger partial charge < -0.3 is 15.0 Å². The van der Waals surface area contributed by atoms with Crippen LogP contribution in [-0.4, -0.2) is 33.4 Å². The van der Waals surface area contributed by atoms with Crippen molar-refractivity contribution < 1.29 is 19.5 Å². The zero-order valence-corrected chi connectivity index (χ0v) is 23.5. The van der Waals surface area contributed by atoms with E-state index in [0.29, 0.717) is 29.7 Å². The molecule has 3 saturated carbocycles. The molecule has 2 aromatic rings. The third kappa shape index (κ3) is 5.06. The van der Waals surface area contributed by atoms with Crippen molar-refractivity contribution in [2.45, 2.75) is 109 Å². The molecule has 0 bridgehead atoms. The predicted molar refractivity (Wildman–Crippen MR) is 148 cm³/mol. The Morgan fingerprint density at radius 3 is 2.24 bits per heavy atom. The van der Waals surface area contributed by atoms with Gasteiger partial charge in [-0.3, -0.25) is 14.4 Å². The number of ketones is 1. The topological polar surface area (TPSA) is 88.4 Å². The lowest BCUT2D eigenvalue weighted by molar-refractivity contribution is -0.145. The second-order valence-electron chi connectivity index (χ2n) is 13.3. The van der Waals surface area contributed by atoms with Gasteiger partial charge >= 0.3 is 5.97 Å². The smallest absolute Gasteiger partial charge is 0.306 e. The number of amides is 1. The number of nitrogens with one attached hydrogen (secondary N) is 1. The van der Waals surface area contributed by atoms with E-state index in [4.69, 9.17) is 0 Å². The molecule has 0 aliphatic heterocycles. The van der Waals surface area contributed by atoms with Gasteiger partial charge in [0.25, 0.3) is 5.91 Å². The SMILES string of the molecule is Cc1c(C(=O)N[C@H]2C[C@H](C(=O)O)C2)cn(-c2cc(C(C)(C)C)cc(C3(C)CC3)c2)c1C(=O)C1CCCCC1. The van der Waals surface area contributed by atoms with Gasteiger partial charge in [-0.2, -0.15) is 0 Å². The highest BCUT2D eigenvalue weighted by atomic mass is 16.4. The monoisotopic (exact) mass is 518 g/mol. The van der Waals surface area contributed by atoms with Gasteiger partial charge in [0, 0.05) is 23.8 Å². The number of hydrogen-bond acceptors (Lipinski definition) is 3. The molecule has 1 heterocycles. The summed E-state index contributed by atoms with van der Waals surface area (Å²) in [6.07, 6.45) is 10.2. The van der Waals surface area contributed by atoms with Crippen LogP contribution in [0.25, 0.3) is 5.69 Å². The average Bonchev–Trinajstić information content (AvgIpc) is 3.51. The van der Waals surface area contributed by atoms with Crippen molar-refractivity contribution in [3.8, 4) is 5.69 Å². The third-order valence-electron chi connectivity index (χ3n) is 9.29. The second-order valence-corrected chi connectivity index (χ2v) is 13.3. The number of benzene rings is 1. The first-order chi connectivity index (χ1) is 17.9. The van der Waals surface area contributed by atoms with E-state index in [9.17, 15) is 19.5 Å². The quantitative estimate of drug-likeness (QED) is 0.410. The van der Waals surface area contributed by atoms with Crippen LogP contribution >= 0.6 is 0 Å². The van der Waals surface area contributed by atoms with Gasteiger partial charge in [0.05, 0.1) is 17.2 Å². The Balaban J connectivity index is 1.57. The van der Waals surface area contributed by atoms with Gasteiger partial charge in [0.1, 0.15) is 0 Å². The van der Waals surface area contributed by atoms with Crippen LogP contribution in [-0.2, 0) is 15.6 Å². The molecule has 6 nitrogen and oxygen atoms in total. The summed E-state index contributed by atoms with van der Waals surface area (Å²) >= 11 is 0. The maximum atomic E-state index is 14.0. The molecule has 5 rings (SSSR count). The highest BCUT2D eigenvalue weighted by molar-refractivity contribution is 6.04. The van der Waals surface area contributed by atoms with Gasteiger partial charge in [-0.15, -0.1) is 0 Å². The zero-order valence-electron chi connectivity index (χ0n) is 23.5. The number of nitrogens with zero attached hydrogens (tertiary/aromatic N) is 1. The number of carbonyl (C=O) groups is 3. The maximum absolute atomic E-state index is 14.0. The Labute approximate surface area is 226 Å². The third-order valence-corrected chi connectivity index (χ3v) is 9.29. The minimum atomic E-state index is -0.808.